The summed E-state index contributed by atoms with van der Waals surface area (Å²) < 4.78 is 27.6. The minimum atomic E-state index is -3.69. The Kier molecular flexibility index (Phi) is 7.17. The Morgan fingerprint density at radius 1 is 1.08 bits per heavy atom. The lowest BCUT2D eigenvalue weighted by molar-refractivity contribution is -0.125. The second kappa shape index (κ2) is 10.3. The van der Waals surface area contributed by atoms with Crippen LogP contribution in [0.3, 0.4) is 0 Å². The molecule has 1 spiro atoms. The molecule has 0 bridgehead atoms. The van der Waals surface area contributed by atoms with Crippen LogP contribution in [0, 0.1) is 18.8 Å². The fourth-order valence-electron chi connectivity index (χ4n) is 5.94. The number of nitrogens with zero attached hydrogens (tertiary/aromatic N) is 3. The number of piperidine rings is 1. The summed E-state index contributed by atoms with van der Waals surface area (Å²) in [7, 11) is -3.69. The van der Waals surface area contributed by atoms with Crippen LogP contribution in [0.25, 0.3) is 6.08 Å². The van der Waals surface area contributed by atoms with Crippen molar-refractivity contribution in [1.29, 1.82) is 0 Å². The van der Waals surface area contributed by atoms with Crippen LogP contribution in [-0.4, -0.2) is 61.6 Å². The maximum absolute atomic E-state index is 13.1. The molecule has 1 aromatic rings. The van der Waals surface area contributed by atoms with Crippen molar-refractivity contribution in [3.8, 4) is 0 Å². The van der Waals surface area contributed by atoms with Crippen molar-refractivity contribution in [2.75, 3.05) is 24.5 Å². The van der Waals surface area contributed by atoms with Crippen molar-refractivity contribution < 1.29 is 22.8 Å². The first kappa shape index (κ1) is 26.6. The highest BCUT2D eigenvalue weighted by Gasteiger charge is 2.48. The number of amides is 4. The predicted octanol–water partition coefficient (Wildman–Crippen LogP) is 2.93. The van der Waals surface area contributed by atoms with Gasteiger partial charge in [-0.15, -0.1) is 0 Å². The lowest BCUT2D eigenvalue weighted by atomic mass is 9.80. The van der Waals surface area contributed by atoms with Gasteiger partial charge in [0, 0.05) is 30.1 Å². The Bertz CT molecular complexity index is 1300. The number of imide groups is 1. The number of hydrogen-bond donors (Lipinski definition) is 2. The zero-order valence-corrected chi connectivity index (χ0v) is 22.7. The van der Waals surface area contributed by atoms with E-state index < -0.39 is 21.6 Å². The largest absolute Gasteiger partial charge is 0.329 e. The van der Waals surface area contributed by atoms with E-state index in [9.17, 15) is 22.8 Å². The Labute approximate surface area is 223 Å². The highest BCUT2D eigenvalue weighted by molar-refractivity contribution is 7.92. The average Bonchev–Trinajstić information content (AvgIpc) is 3.41. The van der Waals surface area contributed by atoms with E-state index in [0.29, 0.717) is 30.0 Å². The summed E-state index contributed by atoms with van der Waals surface area (Å²) in [6, 6.07) is 4.69. The first-order valence-corrected chi connectivity index (χ1v) is 14.9. The molecule has 4 aliphatic rings. The molecule has 1 aliphatic carbocycles. The van der Waals surface area contributed by atoms with E-state index in [-0.39, 0.29) is 31.4 Å². The molecule has 5 rings (SSSR count). The van der Waals surface area contributed by atoms with Gasteiger partial charge < -0.3 is 5.32 Å². The number of carbonyl (C=O) groups is 3. The molecule has 38 heavy (non-hydrogen) atoms. The lowest BCUT2D eigenvalue weighted by Gasteiger charge is -2.34. The molecule has 11 heteroatoms. The monoisotopic (exact) mass is 541 g/mol. The van der Waals surface area contributed by atoms with Crippen LogP contribution in [0.4, 0.5) is 10.5 Å². The molecule has 3 heterocycles. The zero-order chi connectivity index (χ0) is 27.1. The summed E-state index contributed by atoms with van der Waals surface area (Å²) in [6.45, 7) is 4.47. The van der Waals surface area contributed by atoms with Gasteiger partial charge in [-0.3, -0.25) is 24.8 Å². The fraction of sp³-hybridized carbons (Fsp3) is 0.556. The first-order chi connectivity index (χ1) is 18.1. The third-order valence-electron chi connectivity index (χ3n) is 8.50. The average molecular weight is 542 g/mol. The summed E-state index contributed by atoms with van der Waals surface area (Å²) in [5.41, 5.74) is 1.18. The molecule has 0 aromatic heterocycles. The second-order valence-electron chi connectivity index (χ2n) is 10.8. The molecule has 3 aliphatic heterocycles. The number of anilines is 1. The third-order valence-corrected chi connectivity index (χ3v) is 10.1. The topological polar surface area (TPSA) is 128 Å². The van der Waals surface area contributed by atoms with Gasteiger partial charge in [-0.1, -0.05) is 19.4 Å². The number of aliphatic imine (C=N–C) groups is 1. The lowest BCUT2D eigenvalue weighted by Crippen LogP contribution is -2.50. The van der Waals surface area contributed by atoms with Crippen LogP contribution < -0.4 is 15.5 Å². The Hall–Kier alpha value is -3.05. The van der Waals surface area contributed by atoms with Crippen molar-refractivity contribution in [3.05, 3.63) is 34.7 Å². The smallest absolute Gasteiger partial charge is 0.312 e. The number of amidine groups is 1. The summed E-state index contributed by atoms with van der Waals surface area (Å²) in [4.78, 5) is 42.5. The first-order valence-electron chi connectivity index (χ1n) is 13.4. The van der Waals surface area contributed by atoms with Crippen LogP contribution >= 0.6 is 0 Å². The molecule has 2 N–H and O–H groups in total. The molecule has 10 nitrogen and oxygen atoms in total. The van der Waals surface area contributed by atoms with Crippen LogP contribution in [0.5, 0.6) is 0 Å². The van der Waals surface area contributed by atoms with Gasteiger partial charge in [0.15, 0.2) is 0 Å². The minimum absolute atomic E-state index is 0.0399. The van der Waals surface area contributed by atoms with Crippen LogP contribution in [0.1, 0.15) is 63.0 Å². The molecule has 0 atom stereocenters. The molecule has 2 saturated heterocycles. The van der Waals surface area contributed by atoms with Gasteiger partial charge in [-0.2, -0.15) is 4.31 Å². The number of nitrogens with one attached hydrogen (secondary N) is 2. The Balaban J connectivity index is 1.22. The normalized spacial score (nSPS) is 26.2. The van der Waals surface area contributed by atoms with E-state index in [1.165, 1.54) is 21.0 Å². The van der Waals surface area contributed by atoms with Crippen LogP contribution in [-0.2, 0) is 19.6 Å². The minimum Gasteiger partial charge on any atom is -0.312 e. The maximum atomic E-state index is 13.1. The zero-order valence-electron chi connectivity index (χ0n) is 21.9. The molecular formula is C27H35N5O5S. The van der Waals surface area contributed by atoms with Crippen LogP contribution in [0.2, 0.25) is 0 Å². The molecule has 3 fully saturated rings. The molecule has 0 radical (unpaired) electrons. The molecule has 0 unspecified atom stereocenters. The van der Waals surface area contributed by atoms with Gasteiger partial charge in [-0.25, -0.2) is 13.2 Å². The number of rotatable bonds is 6. The van der Waals surface area contributed by atoms with Gasteiger partial charge in [0.05, 0.1) is 0 Å². The second-order valence-corrected chi connectivity index (χ2v) is 12.7. The molecule has 1 aromatic carbocycles. The number of benzene rings is 1. The summed E-state index contributed by atoms with van der Waals surface area (Å²) in [5.74, 6) is 1.40. The summed E-state index contributed by atoms with van der Waals surface area (Å²) >= 11 is 0. The molecular weight excluding hydrogens is 506 g/mol. The predicted molar refractivity (Wildman–Crippen MR) is 145 cm³/mol. The van der Waals surface area contributed by atoms with E-state index in [0.717, 1.165) is 43.0 Å². The summed E-state index contributed by atoms with van der Waals surface area (Å²) in [6.07, 6.45) is 7.88. The standard InChI is InChI=1S/C27H35N5O5S/c1-3-19-4-6-21(7-5-19)24-29-25(34)27(30-24)11-13-31(14-12-27)38(36,37)15-10-20-8-9-22(16-18(20)2)32-17-23(33)28-26(32)35/h8-10,15-16,19,21H,3-7,11-14,17H2,1-2H3,(H,28,33,35)(H,29,30,34). The van der Waals surface area contributed by atoms with Crippen molar-refractivity contribution in [3.63, 3.8) is 0 Å². The number of hydrogen-bond acceptors (Lipinski definition) is 6. The highest BCUT2D eigenvalue weighted by Crippen LogP contribution is 2.36. The van der Waals surface area contributed by atoms with Crippen LogP contribution in [0.15, 0.2) is 28.6 Å². The SMILES string of the molecule is CCC1CCC(C2=NC3(CCN(S(=O)(=O)C=Cc4ccc(N5CC(=O)NC5=O)cc4C)CC3)C(=O)N2)CC1. The highest BCUT2D eigenvalue weighted by atomic mass is 32.2. The van der Waals surface area contributed by atoms with Gasteiger partial charge >= 0.3 is 6.03 Å². The molecule has 204 valence electrons. The molecule has 1 saturated carbocycles. The van der Waals surface area contributed by atoms with Gasteiger partial charge in [0.2, 0.25) is 15.9 Å². The van der Waals surface area contributed by atoms with E-state index in [2.05, 4.69) is 17.6 Å². The van der Waals surface area contributed by atoms with E-state index in [4.69, 9.17) is 4.99 Å². The van der Waals surface area contributed by atoms with E-state index >= 15 is 0 Å². The quantitative estimate of drug-likeness (QED) is 0.535. The number of carbonyl (C=O) groups excluding carboxylic acids is 3. The number of sulfonamides is 1. The molecule has 4 amide bonds. The fourth-order valence-corrected chi connectivity index (χ4v) is 7.12. The van der Waals surface area contributed by atoms with Gasteiger partial charge in [-0.05, 0) is 80.7 Å². The Morgan fingerprint density at radius 2 is 1.79 bits per heavy atom. The van der Waals surface area contributed by atoms with Gasteiger partial charge in [0.1, 0.15) is 17.9 Å². The summed E-state index contributed by atoms with van der Waals surface area (Å²) in [5, 5.41) is 6.46. The van der Waals surface area contributed by atoms with Crippen molar-refractivity contribution in [1.82, 2.24) is 14.9 Å². The van der Waals surface area contributed by atoms with Crippen molar-refractivity contribution >= 4 is 45.5 Å². The van der Waals surface area contributed by atoms with Gasteiger partial charge in [0.25, 0.3) is 5.91 Å². The van der Waals surface area contributed by atoms with Crippen molar-refractivity contribution in [2.24, 2.45) is 16.8 Å². The van der Waals surface area contributed by atoms with E-state index in [1.807, 2.05) is 6.92 Å². The number of aryl methyl sites for hydroxylation is 1. The third kappa shape index (κ3) is 5.13. The van der Waals surface area contributed by atoms with E-state index in [1.54, 1.807) is 24.3 Å². The Morgan fingerprint density at radius 3 is 2.39 bits per heavy atom. The number of urea groups is 1. The maximum Gasteiger partial charge on any atom is 0.329 e. The van der Waals surface area contributed by atoms with Crippen molar-refractivity contribution in [2.45, 2.75) is 64.3 Å².